The van der Waals surface area contributed by atoms with E-state index < -0.39 is 18.0 Å². The molecule has 0 bridgehead atoms. The molecule has 0 unspecified atom stereocenters. The summed E-state index contributed by atoms with van der Waals surface area (Å²) in [6.07, 6.45) is -0.0817. The predicted octanol–water partition coefficient (Wildman–Crippen LogP) is 2.02. The Morgan fingerprint density at radius 3 is 2.50 bits per heavy atom. The maximum Gasteiger partial charge on any atom is 0.317 e. The van der Waals surface area contributed by atoms with Crippen molar-refractivity contribution in [2.45, 2.75) is 19.4 Å². The minimum absolute atomic E-state index is 0.186. The zero-order chi connectivity index (χ0) is 11.7. The number of Topliss-reactive ketones (excluding diaryl/α,β-unsaturated/α-hetero) is 1. The summed E-state index contributed by atoms with van der Waals surface area (Å²) >= 11 is 0. The molecule has 0 aromatic heterocycles. The van der Waals surface area contributed by atoms with Crippen molar-refractivity contribution in [2.24, 2.45) is 5.92 Å². The molecule has 1 aromatic carbocycles. The number of halogens is 1. The number of ketones is 1. The molecule has 0 amide bonds. The van der Waals surface area contributed by atoms with Gasteiger partial charge in [-0.25, -0.2) is 4.39 Å². The van der Waals surface area contributed by atoms with Crippen molar-refractivity contribution in [3.05, 3.63) is 35.6 Å². The predicted molar refractivity (Wildman–Crippen MR) is 54.0 cm³/mol. The highest BCUT2D eigenvalue weighted by Crippen LogP contribution is 2.33. The molecule has 0 spiro atoms. The van der Waals surface area contributed by atoms with Crippen LogP contribution in [-0.4, -0.2) is 11.8 Å². The van der Waals surface area contributed by atoms with Gasteiger partial charge < -0.3 is 4.74 Å². The molecule has 0 saturated carbocycles. The van der Waals surface area contributed by atoms with Crippen LogP contribution in [0.2, 0.25) is 0 Å². The first kappa shape index (κ1) is 10.8. The molecule has 2 atom stereocenters. The highest BCUT2D eigenvalue weighted by molar-refractivity contribution is 5.98. The zero-order valence-corrected chi connectivity index (χ0v) is 8.77. The first-order valence-corrected chi connectivity index (χ1v) is 5.04. The third-order valence-electron chi connectivity index (χ3n) is 2.73. The summed E-state index contributed by atoms with van der Waals surface area (Å²) in [6, 6.07) is 5.75. The summed E-state index contributed by atoms with van der Waals surface area (Å²) in [5.74, 6) is -1.68. The Morgan fingerprint density at radius 1 is 1.38 bits per heavy atom. The van der Waals surface area contributed by atoms with Crippen LogP contribution in [0, 0.1) is 11.7 Å². The van der Waals surface area contributed by atoms with Crippen molar-refractivity contribution in [1.82, 2.24) is 0 Å². The van der Waals surface area contributed by atoms with Gasteiger partial charge in [0.2, 0.25) is 0 Å². The highest BCUT2D eigenvalue weighted by Gasteiger charge is 2.38. The van der Waals surface area contributed by atoms with E-state index in [1.807, 2.05) is 0 Å². The summed E-state index contributed by atoms with van der Waals surface area (Å²) in [5, 5.41) is 0. The van der Waals surface area contributed by atoms with Gasteiger partial charge in [-0.15, -0.1) is 0 Å². The third kappa shape index (κ3) is 1.96. The van der Waals surface area contributed by atoms with Crippen molar-refractivity contribution in [3.63, 3.8) is 0 Å². The first-order valence-electron chi connectivity index (χ1n) is 5.04. The molecular formula is C12H11FO3. The summed E-state index contributed by atoms with van der Waals surface area (Å²) in [5.41, 5.74) is 0.721. The fraction of sp³-hybridized carbons (Fsp3) is 0.333. The van der Waals surface area contributed by atoms with E-state index in [0.717, 1.165) is 5.56 Å². The van der Waals surface area contributed by atoms with E-state index >= 15 is 0 Å². The topological polar surface area (TPSA) is 43.4 Å². The molecule has 1 heterocycles. The molecule has 84 valence electrons. The lowest BCUT2D eigenvalue weighted by molar-refractivity contribution is -0.146. The Morgan fingerprint density at radius 2 is 2.00 bits per heavy atom. The number of esters is 1. The van der Waals surface area contributed by atoms with Gasteiger partial charge in [0.25, 0.3) is 0 Å². The highest BCUT2D eigenvalue weighted by atomic mass is 19.1. The Kier molecular flexibility index (Phi) is 2.73. The Labute approximate surface area is 92.2 Å². The largest absolute Gasteiger partial charge is 0.457 e. The molecule has 4 heteroatoms. The average Bonchev–Trinajstić information content (AvgIpc) is 2.61. The van der Waals surface area contributed by atoms with Gasteiger partial charge in [0.05, 0.1) is 0 Å². The second kappa shape index (κ2) is 4.04. The lowest BCUT2D eigenvalue weighted by Gasteiger charge is -2.08. The number of rotatable bonds is 2. The zero-order valence-electron chi connectivity index (χ0n) is 8.77. The molecule has 1 aromatic rings. The molecule has 1 fully saturated rings. The summed E-state index contributed by atoms with van der Waals surface area (Å²) < 4.78 is 17.8. The van der Waals surface area contributed by atoms with E-state index in [1.54, 1.807) is 12.1 Å². The lowest BCUT2D eigenvalue weighted by atomic mass is 9.97. The van der Waals surface area contributed by atoms with Crippen LogP contribution in [0.15, 0.2) is 24.3 Å². The monoisotopic (exact) mass is 222 g/mol. The van der Waals surface area contributed by atoms with Crippen LogP contribution in [0.25, 0.3) is 0 Å². The number of cyclic esters (lactones) is 1. The Hall–Kier alpha value is -1.71. The maximum absolute atomic E-state index is 12.7. The van der Waals surface area contributed by atoms with Crippen molar-refractivity contribution in [3.8, 4) is 0 Å². The van der Waals surface area contributed by atoms with E-state index in [2.05, 4.69) is 0 Å². The fourth-order valence-corrected chi connectivity index (χ4v) is 1.79. The normalized spacial score (nSPS) is 24.2. The van der Waals surface area contributed by atoms with Crippen LogP contribution in [0.5, 0.6) is 0 Å². The van der Waals surface area contributed by atoms with Crippen LogP contribution in [0.1, 0.15) is 25.0 Å². The van der Waals surface area contributed by atoms with Crippen molar-refractivity contribution in [2.75, 3.05) is 0 Å². The minimum atomic E-state index is -0.671. The summed E-state index contributed by atoms with van der Waals surface area (Å²) in [6.45, 7) is 1.37. The van der Waals surface area contributed by atoms with Gasteiger partial charge in [-0.05, 0) is 24.6 Å². The van der Waals surface area contributed by atoms with E-state index in [-0.39, 0.29) is 11.6 Å². The van der Waals surface area contributed by atoms with Crippen molar-refractivity contribution < 1.29 is 18.7 Å². The molecule has 1 saturated heterocycles. The number of ether oxygens (including phenoxy) is 1. The smallest absolute Gasteiger partial charge is 0.317 e. The van der Waals surface area contributed by atoms with Gasteiger partial charge in [0, 0.05) is 6.42 Å². The molecule has 16 heavy (non-hydrogen) atoms. The number of carbonyl (C=O) groups is 2. The quantitative estimate of drug-likeness (QED) is 0.568. The van der Waals surface area contributed by atoms with Gasteiger partial charge in [-0.1, -0.05) is 12.1 Å². The van der Waals surface area contributed by atoms with E-state index in [4.69, 9.17) is 4.74 Å². The lowest BCUT2D eigenvalue weighted by Crippen LogP contribution is -2.15. The molecule has 0 aliphatic carbocycles. The third-order valence-corrected chi connectivity index (χ3v) is 2.73. The minimum Gasteiger partial charge on any atom is -0.457 e. The van der Waals surface area contributed by atoms with Gasteiger partial charge in [-0.3, -0.25) is 9.59 Å². The SMILES string of the molecule is CC(=O)[C@H]1C[C@H](c2ccc(F)cc2)OC1=O. The summed E-state index contributed by atoms with van der Waals surface area (Å²) in [4.78, 5) is 22.5. The van der Waals surface area contributed by atoms with Crippen LogP contribution in [0.4, 0.5) is 4.39 Å². The Balaban J connectivity index is 2.16. The second-order valence-corrected chi connectivity index (χ2v) is 3.88. The molecule has 1 aliphatic rings. The number of carbonyl (C=O) groups excluding carboxylic acids is 2. The van der Waals surface area contributed by atoms with Gasteiger partial charge >= 0.3 is 5.97 Å². The second-order valence-electron chi connectivity index (χ2n) is 3.88. The maximum atomic E-state index is 12.7. The average molecular weight is 222 g/mol. The standard InChI is InChI=1S/C12H11FO3/c1-7(14)10-6-11(16-12(10)15)8-2-4-9(13)5-3-8/h2-5,10-11H,6H2,1H3/t10-,11-/m1/s1. The van der Waals surface area contributed by atoms with E-state index in [0.29, 0.717) is 6.42 Å². The van der Waals surface area contributed by atoms with Gasteiger partial charge in [-0.2, -0.15) is 0 Å². The van der Waals surface area contributed by atoms with Crippen molar-refractivity contribution >= 4 is 11.8 Å². The molecule has 2 rings (SSSR count). The van der Waals surface area contributed by atoms with Crippen LogP contribution >= 0.6 is 0 Å². The molecule has 0 N–H and O–H groups in total. The van der Waals surface area contributed by atoms with Crippen LogP contribution < -0.4 is 0 Å². The molecular weight excluding hydrogens is 211 g/mol. The van der Waals surface area contributed by atoms with Gasteiger partial charge in [0.1, 0.15) is 23.6 Å². The molecule has 1 aliphatic heterocycles. The van der Waals surface area contributed by atoms with Gasteiger partial charge in [0.15, 0.2) is 0 Å². The number of hydrogen-bond acceptors (Lipinski definition) is 3. The first-order chi connectivity index (χ1) is 7.58. The Bertz CT molecular complexity index is 424. The summed E-state index contributed by atoms with van der Waals surface area (Å²) in [7, 11) is 0. The van der Waals surface area contributed by atoms with E-state index in [1.165, 1.54) is 19.1 Å². The van der Waals surface area contributed by atoms with Crippen LogP contribution in [-0.2, 0) is 14.3 Å². The van der Waals surface area contributed by atoms with Crippen molar-refractivity contribution in [1.29, 1.82) is 0 Å². The molecule has 3 nitrogen and oxygen atoms in total. The molecule has 0 radical (unpaired) electrons. The number of hydrogen-bond donors (Lipinski definition) is 0. The van der Waals surface area contributed by atoms with E-state index in [9.17, 15) is 14.0 Å². The van der Waals surface area contributed by atoms with Crippen LogP contribution in [0.3, 0.4) is 0 Å². The number of benzene rings is 1. The fourth-order valence-electron chi connectivity index (χ4n) is 1.79.